The summed E-state index contributed by atoms with van der Waals surface area (Å²) in [7, 11) is 0. The molecular formula is C24H28N6O3S. The molecular weight excluding hydrogens is 452 g/mol. The van der Waals surface area contributed by atoms with E-state index >= 15 is 0 Å². The Balaban J connectivity index is 1.30. The van der Waals surface area contributed by atoms with Crippen molar-refractivity contribution in [1.82, 2.24) is 19.9 Å². The second kappa shape index (κ2) is 9.54. The monoisotopic (exact) mass is 480 g/mol. The van der Waals surface area contributed by atoms with Gasteiger partial charge < -0.3 is 15.5 Å². The second-order valence-electron chi connectivity index (χ2n) is 8.95. The van der Waals surface area contributed by atoms with Gasteiger partial charge in [-0.2, -0.15) is 4.98 Å². The molecule has 178 valence electrons. The lowest BCUT2D eigenvalue weighted by atomic mass is 9.97. The number of hydrogen-bond acceptors (Lipinski definition) is 7. The number of piperidine rings is 1. The fraction of sp³-hybridized carbons (Fsp3) is 0.458. The highest BCUT2D eigenvalue weighted by Crippen LogP contribution is 2.30. The fourth-order valence-corrected chi connectivity index (χ4v) is 5.29. The van der Waals surface area contributed by atoms with Crippen molar-refractivity contribution in [2.24, 2.45) is 5.92 Å². The Kier molecular flexibility index (Phi) is 6.32. The van der Waals surface area contributed by atoms with E-state index in [0.717, 1.165) is 49.9 Å². The number of hydrogen-bond donors (Lipinski definition) is 2. The number of fused-ring (bicyclic) bond motifs is 1. The van der Waals surface area contributed by atoms with Crippen LogP contribution in [0.5, 0.6) is 0 Å². The number of thiazole rings is 1. The highest BCUT2D eigenvalue weighted by molar-refractivity contribution is 7.22. The van der Waals surface area contributed by atoms with Crippen molar-refractivity contribution in [2.75, 3.05) is 23.3 Å². The molecule has 1 atom stereocenters. The van der Waals surface area contributed by atoms with Crippen LogP contribution in [-0.2, 0) is 22.6 Å². The van der Waals surface area contributed by atoms with Crippen LogP contribution in [0.15, 0.2) is 35.4 Å². The first-order chi connectivity index (χ1) is 16.5. The van der Waals surface area contributed by atoms with Crippen LogP contribution in [-0.4, -0.2) is 45.5 Å². The maximum absolute atomic E-state index is 13.1. The van der Waals surface area contributed by atoms with E-state index in [4.69, 9.17) is 0 Å². The Morgan fingerprint density at radius 1 is 1.21 bits per heavy atom. The molecule has 5 rings (SSSR count). The normalized spacial score (nSPS) is 18.1. The lowest BCUT2D eigenvalue weighted by molar-refractivity contribution is -0.125. The molecule has 9 nitrogen and oxygen atoms in total. The van der Waals surface area contributed by atoms with E-state index in [1.807, 2.05) is 31.2 Å². The van der Waals surface area contributed by atoms with Crippen LogP contribution >= 0.6 is 11.3 Å². The van der Waals surface area contributed by atoms with Crippen molar-refractivity contribution in [1.29, 1.82) is 0 Å². The van der Waals surface area contributed by atoms with Crippen LogP contribution in [0.3, 0.4) is 0 Å². The van der Waals surface area contributed by atoms with Crippen LogP contribution in [0.1, 0.15) is 38.2 Å². The van der Waals surface area contributed by atoms with E-state index in [9.17, 15) is 14.4 Å². The van der Waals surface area contributed by atoms with Crippen LogP contribution in [0.4, 0.5) is 10.8 Å². The predicted octanol–water partition coefficient (Wildman–Crippen LogP) is 2.55. The molecule has 0 unspecified atom stereocenters. The molecule has 1 aliphatic heterocycles. The number of rotatable bonds is 7. The van der Waals surface area contributed by atoms with Gasteiger partial charge in [-0.05, 0) is 43.7 Å². The third-order valence-corrected chi connectivity index (χ3v) is 7.44. The van der Waals surface area contributed by atoms with Crippen molar-refractivity contribution in [3.63, 3.8) is 0 Å². The average Bonchev–Trinajstić information content (AvgIpc) is 3.55. The zero-order valence-corrected chi connectivity index (χ0v) is 19.9. The summed E-state index contributed by atoms with van der Waals surface area (Å²) in [5, 5.41) is 6.68. The first-order valence-corrected chi connectivity index (χ1v) is 12.6. The second-order valence-corrected chi connectivity index (χ2v) is 9.93. The summed E-state index contributed by atoms with van der Waals surface area (Å²) >= 11 is 1.28. The SMILES string of the molecule is CCc1ccccc1NC(=O)Cn1cnc2nc(N3CCC[C@H](C(=O)NC4CC4)C3)sc2c1=O. The Bertz CT molecular complexity index is 1280. The van der Waals surface area contributed by atoms with Gasteiger partial charge in [0.15, 0.2) is 10.8 Å². The van der Waals surface area contributed by atoms with E-state index < -0.39 is 0 Å². The average molecular weight is 481 g/mol. The highest BCUT2D eigenvalue weighted by atomic mass is 32.1. The summed E-state index contributed by atoms with van der Waals surface area (Å²) in [6, 6.07) is 7.97. The largest absolute Gasteiger partial charge is 0.353 e. The lowest BCUT2D eigenvalue weighted by Crippen LogP contribution is -2.43. The van der Waals surface area contributed by atoms with Crippen molar-refractivity contribution >= 4 is 44.3 Å². The Labute approximate surface area is 201 Å². The smallest absolute Gasteiger partial charge is 0.273 e. The summed E-state index contributed by atoms with van der Waals surface area (Å²) < 4.78 is 1.74. The molecule has 3 heterocycles. The van der Waals surface area contributed by atoms with Gasteiger partial charge in [0.1, 0.15) is 17.6 Å². The van der Waals surface area contributed by atoms with Crippen molar-refractivity contribution in [3.05, 3.63) is 46.5 Å². The fourth-order valence-electron chi connectivity index (χ4n) is 4.29. The van der Waals surface area contributed by atoms with E-state index in [-0.39, 0.29) is 29.8 Å². The molecule has 0 spiro atoms. The first-order valence-electron chi connectivity index (χ1n) is 11.8. The number of anilines is 2. The van der Waals surface area contributed by atoms with Crippen molar-refractivity contribution in [2.45, 2.75) is 51.6 Å². The van der Waals surface area contributed by atoms with Crippen LogP contribution < -0.4 is 21.1 Å². The third kappa shape index (κ3) is 4.82. The predicted molar refractivity (Wildman–Crippen MR) is 132 cm³/mol. The Morgan fingerprint density at radius 2 is 2.03 bits per heavy atom. The molecule has 2 aromatic heterocycles. The van der Waals surface area contributed by atoms with E-state index in [0.29, 0.717) is 28.1 Å². The summed E-state index contributed by atoms with van der Waals surface area (Å²) in [4.78, 5) is 49.2. The molecule has 3 aromatic rings. The molecule has 0 bridgehead atoms. The molecule has 1 saturated carbocycles. The van der Waals surface area contributed by atoms with Gasteiger partial charge in [-0.1, -0.05) is 36.5 Å². The number of nitrogens with one attached hydrogen (secondary N) is 2. The quantitative estimate of drug-likeness (QED) is 0.538. The van der Waals surface area contributed by atoms with Gasteiger partial charge in [0.2, 0.25) is 11.8 Å². The molecule has 1 aromatic carbocycles. The number of amides is 2. The minimum absolute atomic E-state index is 0.0688. The minimum atomic E-state index is -0.285. The minimum Gasteiger partial charge on any atom is -0.353 e. The number of carbonyl (C=O) groups is 2. The van der Waals surface area contributed by atoms with Gasteiger partial charge in [-0.15, -0.1) is 0 Å². The molecule has 1 aliphatic carbocycles. The van der Waals surface area contributed by atoms with E-state index in [1.165, 1.54) is 22.2 Å². The summed E-state index contributed by atoms with van der Waals surface area (Å²) in [5.74, 6) is -0.237. The van der Waals surface area contributed by atoms with Gasteiger partial charge >= 0.3 is 0 Å². The maximum atomic E-state index is 13.1. The topological polar surface area (TPSA) is 109 Å². The van der Waals surface area contributed by atoms with Crippen LogP contribution in [0, 0.1) is 5.92 Å². The van der Waals surface area contributed by atoms with Gasteiger partial charge in [0.05, 0.1) is 5.92 Å². The summed E-state index contributed by atoms with van der Waals surface area (Å²) in [5.41, 5.74) is 1.88. The molecule has 2 N–H and O–H groups in total. The Morgan fingerprint density at radius 3 is 2.82 bits per heavy atom. The molecule has 0 radical (unpaired) electrons. The number of aryl methyl sites for hydroxylation is 1. The summed E-state index contributed by atoms with van der Waals surface area (Å²) in [6.07, 6.45) is 6.08. The zero-order valence-electron chi connectivity index (χ0n) is 19.1. The van der Waals surface area contributed by atoms with Crippen molar-refractivity contribution in [3.8, 4) is 0 Å². The van der Waals surface area contributed by atoms with Gasteiger partial charge in [0, 0.05) is 24.8 Å². The molecule has 10 heteroatoms. The van der Waals surface area contributed by atoms with Gasteiger partial charge in [-0.3, -0.25) is 19.0 Å². The third-order valence-electron chi connectivity index (χ3n) is 6.35. The first kappa shape index (κ1) is 22.5. The zero-order chi connectivity index (χ0) is 23.7. The van der Waals surface area contributed by atoms with Gasteiger partial charge in [0.25, 0.3) is 5.56 Å². The number of nitrogens with zero attached hydrogens (tertiary/aromatic N) is 4. The van der Waals surface area contributed by atoms with Crippen molar-refractivity contribution < 1.29 is 9.59 Å². The standard InChI is InChI=1S/C24H28N6O3S/c1-2-15-6-3-4-8-18(15)27-19(31)13-30-14-25-21-20(23(30)33)34-24(28-21)29-11-5-7-16(12-29)22(32)26-17-9-10-17/h3-4,6,8,14,16-17H,2,5,7,9-13H2,1H3,(H,26,32)(H,27,31)/t16-/m0/s1. The lowest BCUT2D eigenvalue weighted by Gasteiger charge is -2.31. The highest BCUT2D eigenvalue weighted by Gasteiger charge is 2.31. The molecule has 1 saturated heterocycles. The molecule has 2 fully saturated rings. The summed E-state index contributed by atoms with van der Waals surface area (Å²) in [6.45, 7) is 3.28. The number of para-hydroxylation sites is 1. The van der Waals surface area contributed by atoms with E-state index in [1.54, 1.807) is 0 Å². The number of carbonyl (C=O) groups excluding carboxylic acids is 2. The van der Waals surface area contributed by atoms with E-state index in [2.05, 4.69) is 25.5 Å². The van der Waals surface area contributed by atoms with Crippen LogP contribution in [0.2, 0.25) is 0 Å². The Hall–Kier alpha value is -3.27. The molecule has 2 amide bonds. The van der Waals surface area contributed by atoms with Gasteiger partial charge in [-0.25, -0.2) is 4.98 Å². The maximum Gasteiger partial charge on any atom is 0.273 e. The number of aromatic nitrogens is 3. The number of benzene rings is 1. The van der Waals surface area contributed by atoms with Crippen LogP contribution in [0.25, 0.3) is 10.3 Å². The molecule has 34 heavy (non-hydrogen) atoms. The molecule has 2 aliphatic rings.